The van der Waals surface area contributed by atoms with E-state index in [2.05, 4.69) is 0 Å². The Bertz CT molecular complexity index is 2620. The van der Waals surface area contributed by atoms with E-state index in [1.165, 1.54) is 0 Å². The Labute approximate surface area is 395 Å². The highest BCUT2D eigenvalue weighted by molar-refractivity contribution is 6.36. The fourth-order valence-corrected chi connectivity index (χ4v) is 11.5. The molecular formula is C56H46F12Si. The van der Waals surface area contributed by atoms with E-state index in [-0.39, 0.29) is 55.7 Å². The summed E-state index contributed by atoms with van der Waals surface area (Å²) in [6.45, 7) is 4.06. The Morgan fingerprint density at radius 2 is 0.739 bits per heavy atom. The van der Waals surface area contributed by atoms with Crippen LogP contribution < -0.4 is 0 Å². The molecule has 6 aromatic rings. The van der Waals surface area contributed by atoms with Crippen LogP contribution in [0.3, 0.4) is 0 Å². The van der Waals surface area contributed by atoms with Gasteiger partial charge in [-0.15, -0.1) is 0 Å². The van der Waals surface area contributed by atoms with E-state index >= 15 is 0 Å². The van der Waals surface area contributed by atoms with Gasteiger partial charge in [0.2, 0.25) is 0 Å². The molecular weight excluding hydrogens is 929 g/mol. The minimum atomic E-state index is -5.06. The highest BCUT2D eigenvalue weighted by Crippen LogP contribution is 2.53. The minimum absolute atomic E-state index is 0.135. The van der Waals surface area contributed by atoms with Gasteiger partial charge < -0.3 is 0 Å². The predicted octanol–water partition coefficient (Wildman–Crippen LogP) is 19.0. The SMILES string of the molecule is CCCCC1=Cc2c(ccc(-c3ccccc3)c2-c2cc(C(F)(F)F)cc(C(F)(F)F)c2)C1C[Si]CC1C(CCCC)=Cc2c1ccc(-c1ccccc1)c2-c1cc(C(F)(F)F)cc(C(F)(F)F)c1. The van der Waals surface area contributed by atoms with Crippen molar-refractivity contribution in [1.29, 1.82) is 0 Å². The number of rotatable bonds is 14. The van der Waals surface area contributed by atoms with Gasteiger partial charge in [0, 0.05) is 21.4 Å². The molecule has 0 heterocycles. The lowest BCUT2D eigenvalue weighted by molar-refractivity contribution is -0.144. The number of allylic oxidation sites excluding steroid dienone is 2. The van der Waals surface area contributed by atoms with Gasteiger partial charge in [-0.25, -0.2) is 0 Å². The third kappa shape index (κ3) is 10.5. The van der Waals surface area contributed by atoms with Gasteiger partial charge in [-0.2, -0.15) is 52.7 Å². The van der Waals surface area contributed by atoms with Crippen LogP contribution in [0.5, 0.6) is 0 Å². The summed E-state index contributed by atoms with van der Waals surface area (Å²) in [5, 5.41) is 0. The second-order valence-corrected chi connectivity index (χ2v) is 19.0. The molecule has 2 aliphatic rings. The Kier molecular flexibility index (Phi) is 14.0. The van der Waals surface area contributed by atoms with Crippen molar-refractivity contribution < 1.29 is 52.7 Å². The monoisotopic (exact) mass is 974 g/mol. The molecule has 358 valence electrons. The van der Waals surface area contributed by atoms with Gasteiger partial charge in [-0.3, -0.25) is 0 Å². The molecule has 13 heteroatoms. The van der Waals surface area contributed by atoms with Crippen molar-refractivity contribution in [2.45, 2.75) is 101 Å². The summed E-state index contributed by atoms with van der Waals surface area (Å²) < 4.78 is 172. The van der Waals surface area contributed by atoms with Gasteiger partial charge in [0.1, 0.15) is 0 Å². The molecule has 6 aromatic carbocycles. The van der Waals surface area contributed by atoms with Crippen LogP contribution >= 0.6 is 0 Å². The number of hydrogen-bond acceptors (Lipinski definition) is 0. The van der Waals surface area contributed by atoms with Crippen LogP contribution in [-0.4, -0.2) is 9.52 Å². The first-order valence-corrected chi connectivity index (χ1v) is 24.2. The van der Waals surface area contributed by atoms with E-state index in [0.29, 0.717) is 58.3 Å². The molecule has 0 aliphatic heterocycles. The lowest BCUT2D eigenvalue weighted by Gasteiger charge is -2.23. The molecule has 0 nitrogen and oxygen atoms in total. The van der Waals surface area contributed by atoms with Crippen molar-refractivity contribution in [2.24, 2.45) is 0 Å². The van der Waals surface area contributed by atoms with Gasteiger partial charge in [0.25, 0.3) is 0 Å². The number of hydrogen-bond donors (Lipinski definition) is 0. The van der Waals surface area contributed by atoms with E-state index < -0.39 is 47.0 Å². The maximum Gasteiger partial charge on any atom is 0.416 e. The maximum atomic E-state index is 14.3. The van der Waals surface area contributed by atoms with Crippen molar-refractivity contribution in [2.75, 3.05) is 0 Å². The third-order valence-electron chi connectivity index (χ3n) is 13.1. The van der Waals surface area contributed by atoms with Gasteiger partial charge in [-0.05, 0) is 129 Å². The quantitative estimate of drug-likeness (QED) is 0.0754. The minimum Gasteiger partial charge on any atom is -0.166 e. The lowest BCUT2D eigenvalue weighted by Crippen LogP contribution is -2.11. The number of unbranched alkanes of at least 4 members (excludes halogenated alkanes) is 2. The molecule has 69 heavy (non-hydrogen) atoms. The van der Waals surface area contributed by atoms with Crippen LogP contribution in [-0.2, 0) is 24.7 Å². The van der Waals surface area contributed by atoms with Crippen molar-refractivity contribution in [1.82, 2.24) is 0 Å². The summed E-state index contributed by atoms with van der Waals surface area (Å²) in [5.41, 5.74) is 1.46. The highest BCUT2D eigenvalue weighted by Gasteiger charge is 2.40. The van der Waals surface area contributed by atoms with Gasteiger partial charge in [-0.1, -0.05) is 147 Å². The van der Waals surface area contributed by atoms with E-state index in [4.69, 9.17) is 0 Å². The lowest BCUT2D eigenvalue weighted by atomic mass is 9.85. The Balaban J connectivity index is 1.22. The molecule has 2 unspecified atom stereocenters. The molecule has 2 radical (unpaired) electrons. The van der Waals surface area contributed by atoms with E-state index in [1.807, 2.05) is 38.1 Å². The molecule has 0 aromatic heterocycles. The summed E-state index contributed by atoms with van der Waals surface area (Å²) in [6, 6.07) is 29.6. The molecule has 0 N–H and O–H groups in total. The number of benzene rings is 6. The summed E-state index contributed by atoms with van der Waals surface area (Å²) in [4.78, 5) is 0. The predicted molar refractivity (Wildman–Crippen MR) is 250 cm³/mol. The first kappa shape index (κ1) is 49.6. The van der Waals surface area contributed by atoms with Crippen LogP contribution in [0, 0.1) is 0 Å². The second-order valence-electron chi connectivity index (χ2n) is 17.7. The fraction of sp³-hybridized carbons (Fsp3) is 0.286. The maximum absolute atomic E-state index is 14.3. The molecule has 2 atom stereocenters. The first-order valence-electron chi connectivity index (χ1n) is 22.8. The zero-order chi connectivity index (χ0) is 49.5. The largest absolute Gasteiger partial charge is 0.416 e. The van der Waals surface area contributed by atoms with Crippen LogP contribution in [0.2, 0.25) is 12.1 Å². The fourth-order valence-electron chi connectivity index (χ4n) is 9.81. The van der Waals surface area contributed by atoms with Crippen LogP contribution in [0.15, 0.2) is 132 Å². The summed E-state index contributed by atoms with van der Waals surface area (Å²) in [7, 11) is 0.258. The Morgan fingerprint density at radius 1 is 0.406 bits per heavy atom. The van der Waals surface area contributed by atoms with Crippen molar-refractivity contribution >= 4 is 21.7 Å². The smallest absolute Gasteiger partial charge is 0.166 e. The summed E-state index contributed by atoms with van der Waals surface area (Å²) >= 11 is 0. The van der Waals surface area contributed by atoms with E-state index in [9.17, 15) is 52.7 Å². The molecule has 0 saturated carbocycles. The normalized spacial score (nSPS) is 16.1. The molecule has 0 spiro atoms. The molecule has 2 aliphatic carbocycles. The van der Waals surface area contributed by atoms with E-state index in [0.717, 1.165) is 72.2 Å². The zero-order valence-electron chi connectivity index (χ0n) is 37.5. The molecule has 0 amide bonds. The average molecular weight is 975 g/mol. The first-order chi connectivity index (χ1) is 32.7. The van der Waals surface area contributed by atoms with Crippen LogP contribution in [0.4, 0.5) is 52.7 Å². The molecule has 0 bridgehead atoms. The topological polar surface area (TPSA) is 0 Å². The van der Waals surface area contributed by atoms with Crippen molar-refractivity contribution in [3.63, 3.8) is 0 Å². The van der Waals surface area contributed by atoms with Crippen molar-refractivity contribution in [3.8, 4) is 44.5 Å². The van der Waals surface area contributed by atoms with E-state index in [1.54, 1.807) is 72.8 Å². The van der Waals surface area contributed by atoms with Crippen LogP contribution in [0.25, 0.3) is 56.7 Å². The summed E-state index contributed by atoms with van der Waals surface area (Å²) in [6.07, 6.45) is -11.8. The summed E-state index contributed by atoms with van der Waals surface area (Å²) in [5.74, 6) is -0.431. The van der Waals surface area contributed by atoms with Crippen molar-refractivity contribution in [3.05, 3.63) is 177 Å². The third-order valence-corrected chi connectivity index (χ3v) is 14.5. The zero-order valence-corrected chi connectivity index (χ0v) is 38.5. The average Bonchev–Trinajstić information content (AvgIpc) is 3.85. The van der Waals surface area contributed by atoms with Gasteiger partial charge in [0.15, 0.2) is 0 Å². The highest BCUT2D eigenvalue weighted by atomic mass is 28.2. The molecule has 0 saturated heterocycles. The standard InChI is InChI=1S/C56H46F12Si/c1-3-5-13-35-27-47-45(21-19-43(33-15-9-7-10-16-33)51(47)37-23-39(53(57,58)59)29-40(24-37)54(60,61)62)49(35)31-69-32-50-36(14-6-4-2)28-48-46(50)22-20-44(34-17-11-8-12-18-34)52(48)38-25-41(55(63,64)65)30-42(26-38)56(66,67)68/h7-12,15-30,49-50H,3-6,13-14,31-32H2,1-2H3. The second kappa shape index (κ2) is 19.5. The molecule has 8 rings (SSSR count). The Hall–Kier alpha value is -5.82. The molecule has 0 fully saturated rings. The number of alkyl halides is 12. The number of fused-ring (bicyclic) bond motifs is 2. The number of halogens is 12. The van der Waals surface area contributed by atoms with Gasteiger partial charge in [0.05, 0.1) is 22.3 Å². The Morgan fingerprint density at radius 3 is 1.04 bits per heavy atom. The van der Waals surface area contributed by atoms with Crippen LogP contribution in [0.1, 0.15) is 109 Å². The van der Waals surface area contributed by atoms with Gasteiger partial charge >= 0.3 is 24.7 Å².